The van der Waals surface area contributed by atoms with Gasteiger partial charge in [0, 0.05) is 18.2 Å². The van der Waals surface area contributed by atoms with Gasteiger partial charge in [-0.3, -0.25) is 14.7 Å². The van der Waals surface area contributed by atoms with E-state index in [1.807, 2.05) is 19.1 Å². The first-order valence-electron chi connectivity index (χ1n) is 8.24. The number of carbonyl (C=O) groups is 1. The van der Waals surface area contributed by atoms with Gasteiger partial charge in [0.2, 0.25) is 11.9 Å². The average Bonchev–Trinajstić information content (AvgIpc) is 2.75. The minimum absolute atomic E-state index is 0.0435. The van der Waals surface area contributed by atoms with Crippen LogP contribution in [0.2, 0.25) is 0 Å². The van der Waals surface area contributed by atoms with Gasteiger partial charge in [-0.25, -0.2) is 9.97 Å². The van der Waals surface area contributed by atoms with E-state index in [1.165, 1.54) is 6.42 Å². The van der Waals surface area contributed by atoms with Crippen LogP contribution in [0.3, 0.4) is 0 Å². The molecule has 1 saturated carbocycles. The third-order valence-corrected chi connectivity index (χ3v) is 4.60. The number of pyridine rings is 1. The topological polar surface area (TPSA) is 59.8 Å². The van der Waals surface area contributed by atoms with Gasteiger partial charge in [-0.15, -0.1) is 0 Å². The largest absolute Gasteiger partial charge is 0.296 e. The number of amides is 1. The average molecular weight is 300 g/mol. The number of fused-ring (bicyclic) bond motifs is 1. The molecule has 118 valence electrons. The van der Waals surface area contributed by atoms with Crippen LogP contribution < -0.4 is 5.32 Å². The first-order chi connectivity index (χ1) is 10.6. The highest BCUT2D eigenvalue weighted by Gasteiger charge is 2.26. The van der Waals surface area contributed by atoms with Crippen LogP contribution in [0.4, 0.5) is 5.95 Å². The maximum atomic E-state index is 12.2. The third-order valence-electron chi connectivity index (χ3n) is 4.60. The quantitative estimate of drug-likeness (QED) is 0.912. The molecule has 1 N–H and O–H groups in total. The second-order valence-electron chi connectivity index (χ2n) is 6.45. The first-order valence-corrected chi connectivity index (χ1v) is 8.24. The van der Waals surface area contributed by atoms with Crippen molar-refractivity contribution >= 4 is 23.0 Å². The van der Waals surface area contributed by atoms with Crippen LogP contribution in [0, 0.1) is 12.8 Å². The Bertz CT molecular complexity index is 687. The Morgan fingerprint density at radius 3 is 2.82 bits per heavy atom. The Morgan fingerprint density at radius 1 is 1.41 bits per heavy atom. The molecule has 0 radical (unpaired) electrons. The molecular weight excluding hydrogens is 276 g/mol. The third kappa shape index (κ3) is 2.85. The van der Waals surface area contributed by atoms with E-state index in [0.29, 0.717) is 24.3 Å². The molecule has 1 fully saturated rings. The van der Waals surface area contributed by atoms with Crippen molar-refractivity contribution in [3.63, 3.8) is 0 Å². The standard InChI is InChI=1S/C17H24N4O/c1-4-11(2)10-15(22)20-17-19-14-9-8-12(3)18-16(14)21(17)13-6-5-7-13/h8-9,11,13H,4-7,10H2,1-3H3,(H,19,20,22)/t11-/m0/s1. The number of nitrogens with one attached hydrogen (secondary N) is 1. The highest BCUT2D eigenvalue weighted by Crippen LogP contribution is 2.36. The summed E-state index contributed by atoms with van der Waals surface area (Å²) in [6.07, 6.45) is 5.05. The highest BCUT2D eigenvalue weighted by atomic mass is 16.1. The SMILES string of the molecule is CC[C@H](C)CC(=O)Nc1nc2ccc(C)nc2n1C1CCC1. The van der Waals surface area contributed by atoms with Gasteiger partial charge in [0.25, 0.3) is 0 Å². The Kier molecular flexibility index (Phi) is 4.14. The molecule has 0 saturated heterocycles. The van der Waals surface area contributed by atoms with E-state index >= 15 is 0 Å². The van der Waals surface area contributed by atoms with Gasteiger partial charge < -0.3 is 0 Å². The summed E-state index contributed by atoms with van der Waals surface area (Å²) in [4.78, 5) is 21.5. The van der Waals surface area contributed by atoms with Gasteiger partial charge in [-0.05, 0) is 44.2 Å². The molecule has 1 aliphatic rings. The molecule has 1 atom stereocenters. The summed E-state index contributed by atoms with van der Waals surface area (Å²) >= 11 is 0. The zero-order chi connectivity index (χ0) is 15.7. The normalized spacial score (nSPS) is 16.5. The number of anilines is 1. The fraction of sp³-hybridized carbons (Fsp3) is 0.588. The molecule has 0 bridgehead atoms. The molecular formula is C17H24N4O. The van der Waals surface area contributed by atoms with Gasteiger partial charge in [-0.2, -0.15) is 0 Å². The zero-order valence-corrected chi connectivity index (χ0v) is 13.6. The molecule has 2 heterocycles. The second-order valence-corrected chi connectivity index (χ2v) is 6.45. The fourth-order valence-corrected chi connectivity index (χ4v) is 2.78. The molecule has 1 aliphatic carbocycles. The lowest BCUT2D eigenvalue weighted by Crippen LogP contribution is -2.23. The lowest BCUT2D eigenvalue weighted by atomic mass is 9.93. The van der Waals surface area contributed by atoms with E-state index in [9.17, 15) is 4.79 Å². The van der Waals surface area contributed by atoms with E-state index < -0.39 is 0 Å². The number of hydrogen-bond acceptors (Lipinski definition) is 3. The van der Waals surface area contributed by atoms with E-state index in [2.05, 4.69) is 33.7 Å². The number of aromatic nitrogens is 3. The van der Waals surface area contributed by atoms with Crippen molar-refractivity contribution in [3.05, 3.63) is 17.8 Å². The van der Waals surface area contributed by atoms with Crippen LogP contribution in [0.25, 0.3) is 11.2 Å². The summed E-state index contributed by atoms with van der Waals surface area (Å²) in [5, 5.41) is 3.01. The van der Waals surface area contributed by atoms with Crippen LogP contribution in [-0.2, 0) is 4.79 Å². The van der Waals surface area contributed by atoms with Crippen molar-refractivity contribution < 1.29 is 4.79 Å². The van der Waals surface area contributed by atoms with Crippen molar-refractivity contribution in [1.82, 2.24) is 14.5 Å². The lowest BCUT2D eigenvalue weighted by molar-refractivity contribution is -0.117. The molecule has 0 aliphatic heterocycles. The molecule has 0 aromatic carbocycles. The molecule has 0 spiro atoms. The molecule has 5 nitrogen and oxygen atoms in total. The molecule has 2 aromatic rings. The van der Waals surface area contributed by atoms with Gasteiger partial charge in [0.05, 0.1) is 0 Å². The smallest absolute Gasteiger partial charge is 0.226 e. The van der Waals surface area contributed by atoms with Gasteiger partial charge >= 0.3 is 0 Å². The summed E-state index contributed by atoms with van der Waals surface area (Å²) in [5.41, 5.74) is 2.73. The summed E-state index contributed by atoms with van der Waals surface area (Å²) in [7, 11) is 0. The molecule has 3 rings (SSSR count). The van der Waals surface area contributed by atoms with Crippen molar-refractivity contribution in [2.24, 2.45) is 5.92 Å². The Hall–Kier alpha value is -1.91. The fourth-order valence-electron chi connectivity index (χ4n) is 2.78. The maximum absolute atomic E-state index is 12.2. The number of rotatable bonds is 5. The van der Waals surface area contributed by atoms with Crippen molar-refractivity contribution in [1.29, 1.82) is 0 Å². The van der Waals surface area contributed by atoms with E-state index in [-0.39, 0.29) is 5.91 Å². The monoisotopic (exact) mass is 300 g/mol. The van der Waals surface area contributed by atoms with Gasteiger partial charge in [0.1, 0.15) is 5.52 Å². The predicted octanol–water partition coefficient (Wildman–Crippen LogP) is 3.84. The van der Waals surface area contributed by atoms with E-state index in [1.54, 1.807) is 0 Å². The van der Waals surface area contributed by atoms with Crippen molar-refractivity contribution in [3.8, 4) is 0 Å². The second kappa shape index (κ2) is 6.07. The Labute approximate surface area is 131 Å². The Balaban J connectivity index is 1.92. The van der Waals surface area contributed by atoms with Crippen LogP contribution in [-0.4, -0.2) is 20.4 Å². The summed E-state index contributed by atoms with van der Waals surface area (Å²) in [6.45, 7) is 6.19. The predicted molar refractivity (Wildman–Crippen MR) is 87.9 cm³/mol. The van der Waals surface area contributed by atoms with E-state index in [0.717, 1.165) is 36.1 Å². The molecule has 22 heavy (non-hydrogen) atoms. The number of nitrogens with zero attached hydrogens (tertiary/aromatic N) is 3. The number of imidazole rings is 1. The minimum Gasteiger partial charge on any atom is -0.296 e. The molecule has 2 aromatic heterocycles. The summed E-state index contributed by atoms with van der Waals surface area (Å²) in [5.74, 6) is 1.09. The number of aryl methyl sites for hydroxylation is 1. The van der Waals surface area contributed by atoms with Gasteiger partial charge in [0.15, 0.2) is 5.65 Å². The first kappa shape index (κ1) is 15.0. The summed E-state index contributed by atoms with van der Waals surface area (Å²) < 4.78 is 2.13. The zero-order valence-electron chi connectivity index (χ0n) is 13.6. The minimum atomic E-state index is 0.0435. The van der Waals surface area contributed by atoms with Gasteiger partial charge in [-0.1, -0.05) is 20.3 Å². The number of carbonyl (C=O) groups excluding carboxylic acids is 1. The Morgan fingerprint density at radius 2 is 2.18 bits per heavy atom. The number of hydrogen-bond donors (Lipinski definition) is 1. The van der Waals surface area contributed by atoms with Crippen LogP contribution in [0.5, 0.6) is 0 Å². The van der Waals surface area contributed by atoms with Crippen molar-refractivity contribution in [2.75, 3.05) is 5.32 Å². The maximum Gasteiger partial charge on any atom is 0.226 e. The molecule has 0 unspecified atom stereocenters. The van der Waals surface area contributed by atoms with Crippen LogP contribution >= 0.6 is 0 Å². The van der Waals surface area contributed by atoms with Crippen LogP contribution in [0.15, 0.2) is 12.1 Å². The lowest BCUT2D eigenvalue weighted by Gasteiger charge is -2.28. The van der Waals surface area contributed by atoms with E-state index in [4.69, 9.17) is 0 Å². The van der Waals surface area contributed by atoms with Crippen molar-refractivity contribution in [2.45, 2.75) is 58.9 Å². The summed E-state index contributed by atoms with van der Waals surface area (Å²) in [6, 6.07) is 4.36. The highest BCUT2D eigenvalue weighted by molar-refractivity contribution is 5.91. The molecule has 1 amide bonds. The van der Waals surface area contributed by atoms with Crippen LogP contribution in [0.1, 0.15) is 57.7 Å². The molecule has 5 heteroatoms.